The Labute approximate surface area is 147 Å². The zero-order chi connectivity index (χ0) is 16.9. The van der Waals surface area contributed by atoms with Crippen molar-refractivity contribution in [1.29, 1.82) is 0 Å². The van der Waals surface area contributed by atoms with Crippen molar-refractivity contribution in [2.24, 2.45) is 5.92 Å². The first-order valence-corrected chi connectivity index (χ1v) is 10.0. The quantitative estimate of drug-likeness (QED) is 0.788. The molecule has 130 valence electrons. The van der Waals surface area contributed by atoms with Crippen molar-refractivity contribution in [3.63, 3.8) is 0 Å². The molecule has 2 atom stereocenters. The molecule has 0 aliphatic carbocycles. The molecule has 0 radical (unpaired) electrons. The maximum absolute atomic E-state index is 12.5. The van der Waals surface area contributed by atoms with Gasteiger partial charge in [-0.2, -0.15) is 11.8 Å². The average Bonchev–Trinajstić information content (AvgIpc) is 3.19. The number of hydrogen-bond acceptors (Lipinski definition) is 4. The van der Waals surface area contributed by atoms with Crippen LogP contribution < -0.4 is 0 Å². The molecular weight excluding hydrogens is 322 g/mol. The fourth-order valence-electron chi connectivity index (χ4n) is 3.76. The highest BCUT2D eigenvalue weighted by atomic mass is 32.2. The molecule has 0 N–H and O–H groups in total. The molecule has 2 fully saturated rings. The maximum Gasteiger partial charge on any atom is 0.223 e. The lowest BCUT2D eigenvalue weighted by Crippen LogP contribution is -2.40. The van der Waals surface area contributed by atoms with Crippen molar-refractivity contribution in [3.8, 4) is 0 Å². The van der Waals surface area contributed by atoms with Crippen LogP contribution in [0.15, 0.2) is 24.5 Å². The number of hydrogen-bond donors (Lipinski definition) is 0. The minimum atomic E-state index is 0.199. The lowest BCUT2D eigenvalue weighted by atomic mass is 10.1. The van der Waals surface area contributed by atoms with Gasteiger partial charge >= 0.3 is 0 Å². The summed E-state index contributed by atoms with van der Waals surface area (Å²) < 4.78 is 0. The molecule has 1 aromatic rings. The summed E-state index contributed by atoms with van der Waals surface area (Å²) in [6, 6.07) is 4.14. The molecule has 0 bridgehead atoms. The van der Waals surface area contributed by atoms with Crippen molar-refractivity contribution >= 4 is 23.6 Å². The number of amides is 2. The molecule has 1 aromatic heterocycles. The number of carbonyl (C=O) groups excluding carboxylic acids is 2. The van der Waals surface area contributed by atoms with E-state index in [1.54, 1.807) is 18.0 Å². The molecule has 0 spiro atoms. The van der Waals surface area contributed by atoms with Gasteiger partial charge in [-0.25, -0.2) is 0 Å². The summed E-state index contributed by atoms with van der Waals surface area (Å²) in [7, 11) is 0. The zero-order valence-corrected chi connectivity index (χ0v) is 15.0. The zero-order valence-electron chi connectivity index (χ0n) is 14.2. The predicted octanol–water partition coefficient (Wildman–Crippen LogP) is 1.83. The van der Waals surface area contributed by atoms with E-state index in [0.717, 1.165) is 37.2 Å². The standard InChI is InChI=1S/C18H25N3O2S/c1-24-10-7-18(23)21-9-6-15-12-20(13-16(15)21)17(22)5-4-14-3-2-8-19-11-14/h2-3,8,11,15-16H,4-7,9-10,12-13H2,1H3/t15-,16+/m0/s1. The molecule has 3 rings (SSSR count). The molecule has 2 saturated heterocycles. The van der Waals surface area contributed by atoms with E-state index < -0.39 is 0 Å². The van der Waals surface area contributed by atoms with E-state index in [0.29, 0.717) is 25.3 Å². The van der Waals surface area contributed by atoms with Crippen LogP contribution in [0.3, 0.4) is 0 Å². The van der Waals surface area contributed by atoms with E-state index in [-0.39, 0.29) is 17.9 Å². The highest BCUT2D eigenvalue weighted by Gasteiger charge is 2.44. The van der Waals surface area contributed by atoms with Gasteiger partial charge in [0.1, 0.15) is 0 Å². The second-order valence-electron chi connectivity index (χ2n) is 6.61. The van der Waals surface area contributed by atoms with Crippen LogP contribution in [0.1, 0.15) is 24.8 Å². The first-order valence-electron chi connectivity index (χ1n) is 8.64. The van der Waals surface area contributed by atoms with E-state index in [9.17, 15) is 9.59 Å². The Morgan fingerprint density at radius 1 is 1.29 bits per heavy atom. The normalized spacial score (nSPS) is 22.7. The van der Waals surface area contributed by atoms with Crippen LogP contribution in [0.4, 0.5) is 0 Å². The molecule has 0 aromatic carbocycles. The van der Waals surface area contributed by atoms with Crippen LogP contribution in [-0.2, 0) is 16.0 Å². The smallest absolute Gasteiger partial charge is 0.223 e. The van der Waals surface area contributed by atoms with E-state index in [2.05, 4.69) is 4.98 Å². The van der Waals surface area contributed by atoms with Gasteiger partial charge in [0.05, 0.1) is 6.04 Å². The molecule has 0 saturated carbocycles. The van der Waals surface area contributed by atoms with Gasteiger partial charge in [-0.1, -0.05) is 6.07 Å². The minimum Gasteiger partial charge on any atom is -0.340 e. The van der Waals surface area contributed by atoms with E-state index in [4.69, 9.17) is 0 Å². The van der Waals surface area contributed by atoms with Crippen molar-refractivity contribution < 1.29 is 9.59 Å². The van der Waals surface area contributed by atoms with E-state index >= 15 is 0 Å². The number of aryl methyl sites for hydroxylation is 1. The summed E-state index contributed by atoms with van der Waals surface area (Å²) in [5.41, 5.74) is 1.10. The highest BCUT2D eigenvalue weighted by Crippen LogP contribution is 2.32. The minimum absolute atomic E-state index is 0.199. The van der Waals surface area contributed by atoms with Crippen molar-refractivity contribution in [2.75, 3.05) is 31.6 Å². The van der Waals surface area contributed by atoms with Crippen LogP contribution in [0.5, 0.6) is 0 Å². The first-order chi connectivity index (χ1) is 11.7. The molecule has 2 aliphatic rings. The average molecular weight is 347 g/mol. The number of pyridine rings is 1. The molecule has 24 heavy (non-hydrogen) atoms. The first kappa shape index (κ1) is 17.3. The summed E-state index contributed by atoms with van der Waals surface area (Å²) in [6.45, 7) is 2.38. The topological polar surface area (TPSA) is 53.5 Å². The number of nitrogens with zero attached hydrogens (tertiary/aromatic N) is 3. The van der Waals surface area contributed by atoms with Gasteiger partial charge in [0, 0.05) is 56.5 Å². The molecule has 0 unspecified atom stereocenters. The Hall–Kier alpha value is -1.56. The number of thioether (sulfide) groups is 1. The molecule has 6 heteroatoms. The van der Waals surface area contributed by atoms with Crippen LogP contribution in [0.25, 0.3) is 0 Å². The van der Waals surface area contributed by atoms with Crippen molar-refractivity contribution in [1.82, 2.24) is 14.8 Å². The lowest BCUT2D eigenvalue weighted by molar-refractivity contribution is -0.134. The molecule has 2 aliphatic heterocycles. The lowest BCUT2D eigenvalue weighted by Gasteiger charge is -2.25. The SMILES string of the molecule is CSCCC(=O)N1CC[C@H]2CN(C(=O)CCc3cccnc3)C[C@H]21. The number of rotatable bonds is 6. The molecule has 2 amide bonds. The van der Waals surface area contributed by atoms with Crippen LogP contribution in [0.2, 0.25) is 0 Å². The summed E-state index contributed by atoms with van der Waals surface area (Å²) in [4.78, 5) is 32.9. The summed E-state index contributed by atoms with van der Waals surface area (Å²) in [6.07, 6.45) is 8.48. The number of aromatic nitrogens is 1. The van der Waals surface area contributed by atoms with Gasteiger partial charge in [0.15, 0.2) is 0 Å². The van der Waals surface area contributed by atoms with Gasteiger partial charge in [0.25, 0.3) is 0 Å². The summed E-state index contributed by atoms with van der Waals surface area (Å²) >= 11 is 1.71. The Bertz CT molecular complexity index is 581. The van der Waals surface area contributed by atoms with Crippen LogP contribution >= 0.6 is 11.8 Å². The Morgan fingerprint density at radius 2 is 2.17 bits per heavy atom. The van der Waals surface area contributed by atoms with Crippen LogP contribution in [-0.4, -0.2) is 64.3 Å². The summed E-state index contributed by atoms with van der Waals surface area (Å²) in [5, 5.41) is 0. The van der Waals surface area contributed by atoms with Crippen LogP contribution in [0, 0.1) is 5.92 Å². The monoisotopic (exact) mass is 347 g/mol. The highest BCUT2D eigenvalue weighted by molar-refractivity contribution is 7.98. The number of likely N-dealkylation sites (tertiary alicyclic amines) is 2. The maximum atomic E-state index is 12.5. The van der Waals surface area contributed by atoms with Gasteiger partial charge in [-0.15, -0.1) is 0 Å². The van der Waals surface area contributed by atoms with E-state index in [1.165, 1.54) is 0 Å². The van der Waals surface area contributed by atoms with Gasteiger partial charge in [-0.05, 0) is 30.7 Å². The van der Waals surface area contributed by atoms with Gasteiger partial charge < -0.3 is 9.80 Å². The largest absolute Gasteiger partial charge is 0.340 e. The Balaban J connectivity index is 1.51. The molecular formula is C18H25N3O2S. The Morgan fingerprint density at radius 3 is 2.92 bits per heavy atom. The number of carbonyl (C=O) groups is 2. The second kappa shape index (κ2) is 8.01. The van der Waals surface area contributed by atoms with Gasteiger partial charge in [0.2, 0.25) is 11.8 Å². The van der Waals surface area contributed by atoms with Crippen molar-refractivity contribution in [2.45, 2.75) is 31.7 Å². The summed E-state index contributed by atoms with van der Waals surface area (Å²) in [5.74, 6) is 1.79. The Kier molecular flexibility index (Phi) is 5.76. The van der Waals surface area contributed by atoms with E-state index in [1.807, 2.05) is 34.4 Å². The third-order valence-corrected chi connectivity index (χ3v) is 5.70. The fraction of sp³-hybridized carbons (Fsp3) is 0.611. The molecule has 5 nitrogen and oxygen atoms in total. The fourth-order valence-corrected chi connectivity index (χ4v) is 4.14. The van der Waals surface area contributed by atoms with Crippen molar-refractivity contribution in [3.05, 3.63) is 30.1 Å². The third kappa shape index (κ3) is 3.91. The van der Waals surface area contributed by atoms with Gasteiger partial charge in [-0.3, -0.25) is 14.6 Å². The predicted molar refractivity (Wildman–Crippen MR) is 95.7 cm³/mol. The molecule has 3 heterocycles. The third-order valence-electron chi connectivity index (χ3n) is 5.09. The second-order valence-corrected chi connectivity index (χ2v) is 7.59. The number of fused-ring (bicyclic) bond motifs is 1.